The molecule has 8 heteroatoms. The number of rotatable bonds is 2. The Morgan fingerprint density at radius 2 is 2.03 bits per heavy atom. The number of aromatic nitrogens is 2. The average molecular weight is 418 g/mol. The van der Waals surface area contributed by atoms with Gasteiger partial charge in [0.2, 0.25) is 0 Å². The van der Waals surface area contributed by atoms with E-state index in [4.69, 9.17) is 4.74 Å². The lowest BCUT2D eigenvalue weighted by Crippen LogP contribution is -2.34. The molecule has 2 aliphatic rings. The minimum atomic E-state index is -0.558. The Balaban J connectivity index is 1.43. The van der Waals surface area contributed by atoms with Crippen molar-refractivity contribution in [2.45, 2.75) is 45.3 Å². The number of hydrogen-bond donors (Lipinski definition) is 2. The zero-order valence-electron chi connectivity index (χ0n) is 17.1. The van der Waals surface area contributed by atoms with Crippen molar-refractivity contribution in [2.24, 2.45) is 0 Å². The van der Waals surface area contributed by atoms with Crippen LogP contribution in [0.15, 0.2) is 41.2 Å². The fourth-order valence-corrected chi connectivity index (χ4v) is 4.05. The standard InChI is InChI=1S/C23H22N4O4/c1-13-21(28)26-18-12-15(7-9-19(18)31-13)24-22(29)14-6-8-16-17(11-14)25-20-5-3-2-4-10-27(20)23(16)30/h6-9,11-13H,2-5,10H2,1H3,(H,24,29)(H,26,28). The molecule has 2 amide bonds. The third kappa shape index (κ3) is 3.54. The largest absolute Gasteiger partial charge is 0.479 e. The Kier molecular flexibility index (Phi) is 4.69. The van der Waals surface area contributed by atoms with Crippen molar-refractivity contribution in [1.29, 1.82) is 0 Å². The second-order valence-corrected chi connectivity index (χ2v) is 7.94. The molecule has 0 saturated carbocycles. The van der Waals surface area contributed by atoms with E-state index in [-0.39, 0.29) is 17.4 Å². The monoisotopic (exact) mass is 418 g/mol. The molecule has 1 unspecified atom stereocenters. The second-order valence-electron chi connectivity index (χ2n) is 7.94. The van der Waals surface area contributed by atoms with E-state index < -0.39 is 6.10 Å². The Hall–Kier alpha value is -3.68. The van der Waals surface area contributed by atoms with Crippen LogP contribution in [0.25, 0.3) is 10.9 Å². The molecule has 0 aliphatic carbocycles. The van der Waals surface area contributed by atoms with Gasteiger partial charge in [0.1, 0.15) is 11.6 Å². The van der Waals surface area contributed by atoms with Gasteiger partial charge in [-0.15, -0.1) is 0 Å². The number of fused-ring (bicyclic) bond motifs is 3. The van der Waals surface area contributed by atoms with Gasteiger partial charge in [-0.2, -0.15) is 0 Å². The zero-order chi connectivity index (χ0) is 21.5. The molecule has 3 aromatic rings. The topological polar surface area (TPSA) is 102 Å². The molecule has 1 atom stereocenters. The molecule has 0 bridgehead atoms. The number of nitrogens with one attached hydrogen (secondary N) is 2. The Morgan fingerprint density at radius 1 is 1.16 bits per heavy atom. The summed E-state index contributed by atoms with van der Waals surface area (Å²) in [4.78, 5) is 42.2. The van der Waals surface area contributed by atoms with Crippen LogP contribution in [-0.4, -0.2) is 27.5 Å². The first-order valence-corrected chi connectivity index (χ1v) is 10.5. The molecule has 2 aliphatic heterocycles. The molecule has 0 radical (unpaired) electrons. The molecular formula is C23H22N4O4. The summed E-state index contributed by atoms with van der Waals surface area (Å²) >= 11 is 0. The SMILES string of the molecule is CC1Oc2ccc(NC(=O)c3ccc4c(=O)n5c(nc4c3)CCCCC5)cc2NC1=O. The van der Waals surface area contributed by atoms with Crippen LogP contribution in [0.2, 0.25) is 0 Å². The number of carbonyl (C=O) groups is 2. The maximum atomic E-state index is 12.9. The molecular weight excluding hydrogens is 396 g/mol. The maximum Gasteiger partial charge on any atom is 0.265 e. The number of benzene rings is 2. The number of carbonyl (C=O) groups excluding carboxylic acids is 2. The minimum absolute atomic E-state index is 0.0477. The van der Waals surface area contributed by atoms with Gasteiger partial charge in [-0.05, 0) is 56.2 Å². The molecule has 8 nitrogen and oxygen atoms in total. The van der Waals surface area contributed by atoms with Crippen molar-refractivity contribution in [1.82, 2.24) is 9.55 Å². The Bertz CT molecular complexity index is 1280. The van der Waals surface area contributed by atoms with Crippen LogP contribution in [0.4, 0.5) is 11.4 Å². The summed E-state index contributed by atoms with van der Waals surface area (Å²) in [6.45, 7) is 2.36. The van der Waals surface area contributed by atoms with Crippen LogP contribution >= 0.6 is 0 Å². The number of aryl methyl sites for hydroxylation is 1. The third-order valence-corrected chi connectivity index (χ3v) is 5.75. The number of nitrogens with zero attached hydrogens (tertiary/aromatic N) is 2. The van der Waals surface area contributed by atoms with Crippen molar-refractivity contribution in [3.05, 3.63) is 58.1 Å². The molecule has 2 aromatic carbocycles. The minimum Gasteiger partial charge on any atom is -0.479 e. The molecule has 5 rings (SSSR count). The van der Waals surface area contributed by atoms with Gasteiger partial charge in [0, 0.05) is 24.2 Å². The summed E-state index contributed by atoms with van der Waals surface area (Å²) in [7, 11) is 0. The molecule has 2 N–H and O–H groups in total. The van der Waals surface area contributed by atoms with Crippen molar-refractivity contribution in [3.8, 4) is 5.75 Å². The van der Waals surface area contributed by atoms with Gasteiger partial charge in [0.15, 0.2) is 6.10 Å². The summed E-state index contributed by atoms with van der Waals surface area (Å²) in [5, 5.41) is 6.11. The number of anilines is 2. The quantitative estimate of drug-likeness (QED) is 0.666. The maximum absolute atomic E-state index is 12.9. The van der Waals surface area contributed by atoms with Gasteiger partial charge in [-0.3, -0.25) is 19.0 Å². The van der Waals surface area contributed by atoms with Crippen LogP contribution in [-0.2, 0) is 17.8 Å². The van der Waals surface area contributed by atoms with Gasteiger partial charge in [0.05, 0.1) is 16.6 Å². The summed E-state index contributed by atoms with van der Waals surface area (Å²) in [6.07, 6.45) is 3.28. The highest BCUT2D eigenvalue weighted by atomic mass is 16.5. The van der Waals surface area contributed by atoms with E-state index in [0.717, 1.165) is 31.5 Å². The predicted molar refractivity (Wildman–Crippen MR) is 117 cm³/mol. The van der Waals surface area contributed by atoms with Crippen molar-refractivity contribution >= 4 is 34.1 Å². The molecule has 0 spiro atoms. The predicted octanol–water partition coefficient (Wildman–Crippen LogP) is 3.09. The molecule has 0 saturated heterocycles. The molecule has 31 heavy (non-hydrogen) atoms. The van der Waals surface area contributed by atoms with E-state index >= 15 is 0 Å². The Labute approximate surface area is 178 Å². The first-order valence-electron chi connectivity index (χ1n) is 10.5. The van der Waals surface area contributed by atoms with E-state index in [2.05, 4.69) is 15.6 Å². The zero-order valence-corrected chi connectivity index (χ0v) is 17.1. The van der Waals surface area contributed by atoms with Gasteiger partial charge in [-0.1, -0.05) is 6.42 Å². The number of hydrogen-bond acceptors (Lipinski definition) is 5. The third-order valence-electron chi connectivity index (χ3n) is 5.75. The lowest BCUT2D eigenvalue weighted by molar-refractivity contribution is -0.122. The summed E-state index contributed by atoms with van der Waals surface area (Å²) in [6, 6.07) is 10.0. The first kappa shape index (κ1) is 19.3. The second kappa shape index (κ2) is 7.54. The van der Waals surface area contributed by atoms with Crippen LogP contribution in [0.5, 0.6) is 5.75 Å². The highest BCUT2D eigenvalue weighted by molar-refractivity contribution is 6.07. The van der Waals surface area contributed by atoms with Crippen LogP contribution in [0.3, 0.4) is 0 Å². The van der Waals surface area contributed by atoms with Gasteiger partial charge >= 0.3 is 0 Å². The highest BCUT2D eigenvalue weighted by Gasteiger charge is 2.24. The molecule has 0 fully saturated rings. The molecule has 1 aromatic heterocycles. The van der Waals surface area contributed by atoms with E-state index in [1.54, 1.807) is 47.9 Å². The van der Waals surface area contributed by atoms with Gasteiger partial charge in [-0.25, -0.2) is 4.98 Å². The van der Waals surface area contributed by atoms with Crippen LogP contribution in [0.1, 0.15) is 42.4 Å². The summed E-state index contributed by atoms with van der Waals surface area (Å²) < 4.78 is 7.30. The lowest BCUT2D eigenvalue weighted by Gasteiger charge is -2.23. The molecule has 3 heterocycles. The van der Waals surface area contributed by atoms with E-state index in [1.165, 1.54) is 0 Å². The fraction of sp³-hybridized carbons (Fsp3) is 0.304. The first-order chi connectivity index (χ1) is 15.0. The lowest BCUT2D eigenvalue weighted by atomic mass is 10.1. The van der Waals surface area contributed by atoms with Crippen molar-refractivity contribution < 1.29 is 14.3 Å². The smallest absolute Gasteiger partial charge is 0.265 e. The number of amides is 2. The normalized spacial score (nSPS) is 17.7. The van der Waals surface area contributed by atoms with E-state index in [9.17, 15) is 14.4 Å². The van der Waals surface area contributed by atoms with Crippen LogP contribution < -0.4 is 20.9 Å². The van der Waals surface area contributed by atoms with Crippen molar-refractivity contribution in [2.75, 3.05) is 10.6 Å². The van der Waals surface area contributed by atoms with E-state index in [0.29, 0.717) is 40.1 Å². The van der Waals surface area contributed by atoms with E-state index in [1.807, 2.05) is 0 Å². The van der Waals surface area contributed by atoms with Gasteiger partial charge < -0.3 is 15.4 Å². The van der Waals surface area contributed by atoms with Crippen LogP contribution in [0, 0.1) is 0 Å². The highest BCUT2D eigenvalue weighted by Crippen LogP contribution is 2.32. The number of ether oxygens (including phenoxy) is 1. The average Bonchev–Trinajstić information content (AvgIpc) is 3.00. The Morgan fingerprint density at radius 3 is 2.90 bits per heavy atom. The summed E-state index contributed by atoms with van der Waals surface area (Å²) in [5.74, 6) is 0.783. The summed E-state index contributed by atoms with van der Waals surface area (Å²) in [5.41, 5.74) is 1.93. The van der Waals surface area contributed by atoms with Gasteiger partial charge in [0.25, 0.3) is 17.4 Å². The fourth-order valence-electron chi connectivity index (χ4n) is 4.05. The van der Waals surface area contributed by atoms with Crippen molar-refractivity contribution in [3.63, 3.8) is 0 Å². The molecule has 158 valence electrons.